The maximum absolute atomic E-state index is 13.7. The van der Waals surface area contributed by atoms with E-state index >= 15 is 0 Å². The Morgan fingerprint density at radius 2 is 1.84 bits per heavy atom. The van der Waals surface area contributed by atoms with Crippen LogP contribution in [-0.2, 0) is 4.79 Å². The zero-order valence-corrected chi connectivity index (χ0v) is 12.8. The van der Waals surface area contributed by atoms with Gasteiger partial charge in [-0.1, -0.05) is 24.3 Å². The molecule has 0 aliphatic carbocycles. The van der Waals surface area contributed by atoms with Crippen LogP contribution in [0.25, 0.3) is 11.0 Å². The van der Waals surface area contributed by atoms with Gasteiger partial charge in [0, 0.05) is 5.39 Å². The first-order valence-corrected chi connectivity index (χ1v) is 7.40. The molecule has 0 bridgehead atoms. The maximum atomic E-state index is 13.7. The van der Waals surface area contributed by atoms with Crippen molar-refractivity contribution in [3.05, 3.63) is 71.5 Å². The number of carboxylic acids is 1. The number of nitrogens with one attached hydrogen (secondary N) is 1. The molecule has 0 fully saturated rings. The number of carbonyl (C=O) groups excluding carboxylic acids is 1. The number of carbonyl (C=O) groups is 2. The van der Waals surface area contributed by atoms with E-state index in [1.807, 2.05) is 0 Å². The van der Waals surface area contributed by atoms with E-state index in [1.54, 1.807) is 6.07 Å². The Bertz CT molecular complexity index is 934. The Balaban J connectivity index is 1.87. The lowest BCUT2D eigenvalue weighted by Crippen LogP contribution is -2.30. The van der Waals surface area contributed by atoms with Gasteiger partial charge in [-0.25, -0.2) is 8.78 Å². The molecule has 2 N–H and O–H groups in total. The number of amides is 1. The summed E-state index contributed by atoms with van der Waals surface area (Å²) in [6, 6.07) is 9.90. The molecule has 25 heavy (non-hydrogen) atoms. The van der Waals surface area contributed by atoms with E-state index in [0.29, 0.717) is 10.9 Å². The van der Waals surface area contributed by atoms with Crippen LogP contribution in [-0.4, -0.2) is 17.0 Å². The van der Waals surface area contributed by atoms with Gasteiger partial charge in [0.25, 0.3) is 5.91 Å². The second-order valence-corrected chi connectivity index (χ2v) is 5.44. The fourth-order valence-corrected chi connectivity index (χ4v) is 2.49. The number of furan rings is 1. The predicted molar refractivity (Wildman–Crippen MR) is 85.0 cm³/mol. The molecule has 3 aromatic rings. The van der Waals surface area contributed by atoms with E-state index in [0.717, 1.165) is 0 Å². The number of para-hydroxylation sites is 1. The minimum Gasteiger partial charge on any atom is -0.481 e. The molecule has 0 aliphatic heterocycles. The second-order valence-electron chi connectivity index (χ2n) is 5.44. The lowest BCUT2D eigenvalue weighted by molar-refractivity contribution is -0.137. The SMILES string of the molecule is O=C(O)CC(NC(=O)c1cc2cccc(F)c2o1)c1ccc(F)cc1. The van der Waals surface area contributed by atoms with E-state index in [4.69, 9.17) is 9.52 Å². The van der Waals surface area contributed by atoms with Gasteiger partial charge in [-0.05, 0) is 29.8 Å². The predicted octanol–water partition coefficient (Wildman–Crippen LogP) is 3.66. The third-order valence-electron chi connectivity index (χ3n) is 3.68. The molecule has 0 saturated heterocycles. The molecule has 1 aromatic heterocycles. The van der Waals surface area contributed by atoms with E-state index in [-0.39, 0.29) is 11.3 Å². The number of benzene rings is 2. The Morgan fingerprint density at radius 3 is 2.48 bits per heavy atom. The minimum atomic E-state index is -1.13. The van der Waals surface area contributed by atoms with Crippen molar-refractivity contribution in [1.82, 2.24) is 5.32 Å². The van der Waals surface area contributed by atoms with E-state index < -0.39 is 36.0 Å². The van der Waals surface area contributed by atoms with Crippen LogP contribution in [0.1, 0.15) is 28.6 Å². The average molecular weight is 345 g/mol. The summed E-state index contributed by atoms with van der Waals surface area (Å²) < 4.78 is 31.9. The highest BCUT2D eigenvalue weighted by Crippen LogP contribution is 2.23. The lowest BCUT2D eigenvalue weighted by atomic mass is 10.0. The van der Waals surface area contributed by atoms with Gasteiger partial charge in [-0.3, -0.25) is 9.59 Å². The van der Waals surface area contributed by atoms with Gasteiger partial charge >= 0.3 is 5.97 Å². The van der Waals surface area contributed by atoms with Crippen molar-refractivity contribution in [3.63, 3.8) is 0 Å². The summed E-state index contributed by atoms with van der Waals surface area (Å²) in [5.74, 6) is -3.04. The number of halogens is 2. The molecule has 3 rings (SSSR count). The summed E-state index contributed by atoms with van der Waals surface area (Å²) in [4.78, 5) is 23.4. The molecule has 0 saturated carbocycles. The van der Waals surface area contributed by atoms with Gasteiger partial charge in [0.15, 0.2) is 17.2 Å². The number of hydrogen-bond donors (Lipinski definition) is 2. The molecule has 0 radical (unpaired) electrons. The van der Waals surface area contributed by atoms with E-state index in [1.165, 1.54) is 42.5 Å². The quantitative estimate of drug-likeness (QED) is 0.740. The summed E-state index contributed by atoms with van der Waals surface area (Å²) in [5, 5.41) is 12.0. The third kappa shape index (κ3) is 3.65. The minimum absolute atomic E-state index is 0.0517. The fraction of sp³-hybridized carbons (Fsp3) is 0.111. The number of fused-ring (bicyclic) bond motifs is 1. The van der Waals surface area contributed by atoms with Crippen molar-refractivity contribution in [2.45, 2.75) is 12.5 Å². The van der Waals surface area contributed by atoms with Gasteiger partial charge in [-0.15, -0.1) is 0 Å². The maximum Gasteiger partial charge on any atom is 0.305 e. The number of hydrogen-bond acceptors (Lipinski definition) is 3. The molecule has 5 nitrogen and oxygen atoms in total. The molecule has 128 valence electrons. The number of rotatable bonds is 5. The first-order chi connectivity index (χ1) is 11.9. The molecular formula is C18H13F2NO4. The monoisotopic (exact) mass is 345 g/mol. The van der Waals surface area contributed by atoms with Crippen LogP contribution in [0.2, 0.25) is 0 Å². The highest BCUT2D eigenvalue weighted by molar-refractivity contribution is 5.96. The van der Waals surface area contributed by atoms with Gasteiger partial charge < -0.3 is 14.8 Å². The Morgan fingerprint density at radius 1 is 1.12 bits per heavy atom. The lowest BCUT2D eigenvalue weighted by Gasteiger charge is -2.16. The smallest absolute Gasteiger partial charge is 0.305 e. The summed E-state index contributed by atoms with van der Waals surface area (Å²) in [5.41, 5.74) is 0.378. The van der Waals surface area contributed by atoms with Crippen LogP contribution >= 0.6 is 0 Å². The number of aliphatic carboxylic acids is 1. The molecule has 1 atom stereocenters. The Kier molecular flexibility index (Phi) is 4.47. The largest absolute Gasteiger partial charge is 0.481 e. The van der Waals surface area contributed by atoms with Crippen LogP contribution in [0.5, 0.6) is 0 Å². The standard InChI is InChI=1S/C18H13F2NO4/c19-12-6-4-10(5-7-12)14(9-16(22)23)21-18(24)15-8-11-2-1-3-13(20)17(11)25-15/h1-8,14H,9H2,(H,21,24)(H,22,23). The summed E-state index contributed by atoms with van der Waals surface area (Å²) >= 11 is 0. The van der Waals surface area contributed by atoms with Gasteiger partial charge in [0.1, 0.15) is 5.82 Å². The summed E-state index contributed by atoms with van der Waals surface area (Å²) in [6.07, 6.45) is -0.397. The van der Waals surface area contributed by atoms with E-state index in [9.17, 15) is 18.4 Å². The first-order valence-electron chi connectivity index (χ1n) is 7.40. The van der Waals surface area contributed by atoms with Crippen molar-refractivity contribution in [3.8, 4) is 0 Å². The first kappa shape index (κ1) is 16.6. The average Bonchev–Trinajstić information content (AvgIpc) is 3.00. The topological polar surface area (TPSA) is 79.5 Å². The zero-order chi connectivity index (χ0) is 18.0. The molecule has 2 aromatic carbocycles. The van der Waals surface area contributed by atoms with Gasteiger partial charge in [0.2, 0.25) is 0 Å². The van der Waals surface area contributed by atoms with Crippen molar-refractivity contribution in [2.24, 2.45) is 0 Å². The molecule has 7 heteroatoms. The van der Waals surface area contributed by atoms with Crippen LogP contribution in [0.3, 0.4) is 0 Å². The van der Waals surface area contributed by atoms with Crippen LogP contribution in [0.15, 0.2) is 52.9 Å². The molecule has 0 aliphatic rings. The van der Waals surface area contributed by atoms with E-state index in [2.05, 4.69) is 5.32 Å². The second kappa shape index (κ2) is 6.72. The van der Waals surface area contributed by atoms with Crippen molar-refractivity contribution in [1.29, 1.82) is 0 Å². The van der Waals surface area contributed by atoms with Crippen LogP contribution in [0.4, 0.5) is 8.78 Å². The Labute approximate surface area is 140 Å². The van der Waals surface area contributed by atoms with Crippen LogP contribution < -0.4 is 5.32 Å². The molecule has 0 spiro atoms. The highest BCUT2D eigenvalue weighted by Gasteiger charge is 2.21. The molecule has 1 heterocycles. The van der Waals surface area contributed by atoms with Crippen LogP contribution in [0, 0.1) is 11.6 Å². The molecular weight excluding hydrogens is 332 g/mol. The summed E-state index contributed by atoms with van der Waals surface area (Å²) in [6.45, 7) is 0. The molecule has 1 amide bonds. The summed E-state index contributed by atoms with van der Waals surface area (Å²) in [7, 11) is 0. The van der Waals surface area contributed by atoms with Gasteiger partial charge in [-0.2, -0.15) is 0 Å². The van der Waals surface area contributed by atoms with Crippen molar-refractivity contribution >= 4 is 22.8 Å². The highest BCUT2D eigenvalue weighted by atomic mass is 19.1. The molecule has 1 unspecified atom stereocenters. The van der Waals surface area contributed by atoms with Gasteiger partial charge in [0.05, 0.1) is 12.5 Å². The Hall–Kier alpha value is -3.22. The normalized spacial score (nSPS) is 12.1. The fourth-order valence-electron chi connectivity index (χ4n) is 2.49. The third-order valence-corrected chi connectivity index (χ3v) is 3.68. The zero-order valence-electron chi connectivity index (χ0n) is 12.8. The number of carboxylic acid groups (broad SMARTS) is 1. The van der Waals surface area contributed by atoms with Crippen molar-refractivity contribution in [2.75, 3.05) is 0 Å². The van der Waals surface area contributed by atoms with Crippen molar-refractivity contribution < 1.29 is 27.9 Å².